The Labute approximate surface area is 88.6 Å². The van der Waals surface area contributed by atoms with Crippen LogP contribution in [-0.4, -0.2) is 15.0 Å². The fourth-order valence-electron chi connectivity index (χ4n) is 1.09. The molecule has 0 N–H and O–H groups in total. The molecule has 0 spiro atoms. The monoisotopic (exact) mass is 165 g/mol. The molecule has 0 aliphatic carbocycles. The number of allylic oxidation sites excluding steroid dienone is 1. The predicted octanol–water partition coefficient (Wildman–Crippen LogP) is -1.38. The molecule has 1 aromatic carbocycles. The van der Waals surface area contributed by atoms with Crippen LogP contribution in [0.2, 0.25) is 0 Å². The minimum Gasteiger partial charge on any atom is -0.383 e. The standard InChI is InChI=1S/C9H8N3.Li/c1-2-7-12-9-6-4-3-5-8(9)10-11-12;/h2-6H,1H3;/q-1;+1. The first kappa shape index (κ1) is 10.0. The zero-order chi connectivity index (χ0) is 8.39. The average Bonchev–Trinajstić information content (AvgIpc) is 2.50. The Balaban J connectivity index is 0.000000845. The molecule has 0 saturated heterocycles. The van der Waals surface area contributed by atoms with Gasteiger partial charge in [0.25, 0.3) is 0 Å². The summed E-state index contributed by atoms with van der Waals surface area (Å²) in [5.41, 5.74) is 1.88. The van der Waals surface area contributed by atoms with Gasteiger partial charge in [0.1, 0.15) is 0 Å². The predicted molar refractivity (Wildman–Crippen MR) is 46.4 cm³/mol. The number of para-hydroxylation sites is 1. The minimum absolute atomic E-state index is 0. The van der Waals surface area contributed by atoms with Crippen LogP contribution in [0.15, 0.2) is 30.3 Å². The van der Waals surface area contributed by atoms with E-state index < -0.39 is 0 Å². The quantitative estimate of drug-likeness (QED) is 0.385. The van der Waals surface area contributed by atoms with Gasteiger partial charge in [-0.3, -0.25) is 0 Å². The van der Waals surface area contributed by atoms with Crippen LogP contribution in [0.5, 0.6) is 0 Å². The summed E-state index contributed by atoms with van der Waals surface area (Å²) in [5.74, 6) is 0. The van der Waals surface area contributed by atoms with Crippen LogP contribution in [0.1, 0.15) is 6.92 Å². The largest absolute Gasteiger partial charge is 1.00 e. The maximum atomic E-state index is 3.97. The van der Waals surface area contributed by atoms with Gasteiger partial charge >= 0.3 is 18.9 Å². The molecule has 0 atom stereocenters. The molecule has 1 heterocycles. The van der Waals surface area contributed by atoms with E-state index in [0.717, 1.165) is 11.0 Å². The molecule has 0 fully saturated rings. The van der Waals surface area contributed by atoms with E-state index in [1.54, 1.807) is 10.8 Å². The number of aromatic nitrogens is 3. The van der Waals surface area contributed by atoms with Gasteiger partial charge < -0.3 is 4.68 Å². The molecule has 0 amide bonds. The number of nitrogens with zero attached hydrogens (tertiary/aromatic N) is 3. The van der Waals surface area contributed by atoms with E-state index in [0.29, 0.717) is 0 Å². The Kier molecular flexibility index (Phi) is 3.30. The van der Waals surface area contributed by atoms with Crippen molar-refractivity contribution in [2.24, 2.45) is 0 Å². The summed E-state index contributed by atoms with van der Waals surface area (Å²) in [6.07, 6.45) is 4.76. The van der Waals surface area contributed by atoms with E-state index >= 15 is 0 Å². The van der Waals surface area contributed by atoms with Crippen molar-refractivity contribution in [2.75, 3.05) is 0 Å². The van der Waals surface area contributed by atoms with Gasteiger partial charge in [-0.25, -0.2) is 0 Å². The fraction of sp³-hybridized carbons (Fsp3) is 0.111. The molecular weight excluding hydrogens is 157 g/mol. The average molecular weight is 165 g/mol. The van der Waals surface area contributed by atoms with Crippen LogP contribution >= 0.6 is 0 Å². The maximum Gasteiger partial charge on any atom is 1.00 e. The molecule has 0 unspecified atom stereocenters. The summed E-state index contributed by atoms with van der Waals surface area (Å²) < 4.78 is 1.63. The third-order valence-corrected chi connectivity index (χ3v) is 1.60. The first-order valence-electron chi connectivity index (χ1n) is 3.76. The summed E-state index contributed by atoms with van der Waals surface area (Å²) in [6, 6.07) is 7.79. The maximum absolute atomic E-state index is 3.97. The summed E-state index contributed by atoms with van der Waals surface area (Å²) in [4.78, 5) is 0. The van der Waals surface area contributed by atoms with Gasteiger partial charge in [-0.2, -0.15) is 11.2 Å². The van der Waals surface area contributed by atoms with E-state index in [1.165, 1.54) is 0 Å². The zero-order valence-electron chi connectivity index (χ0n) is 7.73. The van der Waals surface area contributed by atoms with Gasteiger partial charge in [-0.1, -0.05) is 35.9 Å². The van der Waals surface area contributed by atoms with Gasteiger partial charge in [-0.15, -0.1) is 12.3 Å². The molecule has 4 heteroatoms. The van der Waals surface area contributed by atoms with Crippen molar-refractivity contribution in [3.8, 4) is 0 Å². The summed E-state index contributed by atoms with van der Waals surface area (Å²) in [6.45, 7) is 1.90. The fourth-order valence-corrected chi connectivity index (χ4v) is 1.09. The zero-order valence-corrected chi connectivity index (χ0v) is 7.73. The van der Waals surface area contributed by atoms with Crippen LogP contribution in [0.25, 0.3) is 11.0 Å². The number of fused-ring (bicyclic) bond motifs is 1. The van der Waals surface area contributed by atoms with Crippen molar-refractivity contribution in [3.05, 3.63) is 36.5 Å². The van der Waals surface area contributed by atoms with Gasteiger partial charge in [0.2, 0.25) is 0 Å². The number of rotatable bonds is 1. The Morgan fingerprint density at radius 1 is 1.38 bits per heavy atom. The van der Waals surface area contributed by atoms with E-state index in [-0.39, 0.29) is 18.9 Å². The van der Waals surface area contributed by atoms with Crippen LogP contribution in [0.4, 0.5) is 0 Å². The minimum atomic E-state index is 0. The van der Waals surface area contributed by atoms with Gasteiger partial charge in [0, 0.05) is 5.52 Å². The molecule has 13 heavy (non-hydrogen) atoms. The van der Waals surface area contributed by atoms with Gasteiger partial charge in [0.15, 0.2) is 0 Å². The molecule has 3 nitrogen and oxygen atoms in total. The molecule has 0 bridgehead atoms. The van der Waals surface area contributed by atoms with Crippen molar-refractivity contribution in [2.45, 2.75) is 6.92 Å². The Hall–Kier alpha value is -1.04. The van der Waals surface area contributed by atoms with Crippen molar-refractivity contribution in [1.82, 2.24) is 15.0 Å². The normalized spacial score (nSPS) is 10.5. The Bertz CT molecular complexity index is 419. The first-order chi connectivity index (χ1) is 5.92. The first-order valence-corrected chi connectivity index (χ1v) is 3.76. The van der Waals surface area contributed by atoms with Crippen molar-refractivity contribution in [1.29, 1.82) is 0 Å². The second-order valence-corrected chi connectivity index (χ2v) is 2.41. The SMILES string of the molecule is CC=[C-]n1nnc2ccccc21.[Li+]. The molecule has 2 aromatic rings. The Morgan fingerprint density at radius 2 is 2.15 bits per heavy atom. The number of hydrogen-bond donors (Lipinski definition) is 0. The second-order valence-electron chi connectivity index (χ2n) is 2.41. The molecule has 0 aliphatic rings. The van der Waals surface area contributed by atoms with Crippen LogP contribution < -0.4 is 18.9 Å². The van der Waals surface area contributed by atoms with Crippen molar-refractivity contribution < 1.29 is 18.9 Å². The molecule has 0 aliphatic heterocycles. The summed E-state index contributed by atoms with van der Waals surface area (Å²) in [5, 5.41) is 7.88. The summed E-state index contributed by atoms with van der Waals surface area (Å²) in [7, 11) is 0. The summed E-state index contributed by atoms with van der Waals surface area (Å²) >= 11 is 0. The Morgan fingerprint density at radius 3 is 2.92 bits per heavy atom. The topological polar surface area (TPSA) is 30.7 Å². The van der Waals surface area contributed by atoms with E-state index in [4.69, 9.17) is 0 Å². The molecule has 0 radical (unpaired) electrons. The molecule has 2 rings (SSSR count). The third kappa shape index (κ3) is 1.82. The van der Waals surface area contributed by atoms with Crippen LogP contribution in [0.3, 0.4) is 0 Å². The van der Waals surface area contributed by atoms with E-state index in [9.17, 15) is 0 Å². The van der Waals surface area contributed by atoms with Gasteiger partial charge in [0.05, 0.1) is 0 Å². The smallest absolute Gasteiger partial charge is 0.383 e. The van der Waals surface area contributed by atoms with Crippen molar-refractivity contribution >= 4 is 11.0 Å². The second kappa shape index (κ2) is 4.27. The van der Waals surface area contributed by atoms with Gasteiger partial charge in [-0.05, 0) is 0 Å². The van der Waals surface area contributed by atoms with E-state index in [1.807, 2.05) is 31.2 Å². The molecule has 0 saturated carbocycles. The van der Waals surface area contributed by atoms with E-state index in [2.05, 4.69) is 16.5 Å². The van der Waals surface area contributed by atoms with Crippen LogP contribution in [-0.2, 0) is 0 Å². The molecular formula is C9H8LiN3. The third-order valence-electron chi connectivity index (χ3n) is 1.60. The number of hydrogen-bond acceptors (Lipinski definition) is 2. The molecule has 60 valence electrons. The number of benzene rings is 1. The van der Waals surface area contributed by atoms with Crippen LogP contribution in [0, 0.1) is 6.20 Å². The molecule has 1 aromatic heterocycles. The van der Waals surface area contributed by atoms with Crippen molar-refractivity contribution in [3.63, 3.8) is 0 Å².